The van der Waals surface area contributed by atoms with Crippen molar-refractivity contribution in [3.63, 3.8) is 0 Å². The molecule has 1 spiro atoms. The minimum absolute atomic E-state index is 0.0237. The molecule has 0 aromatic carbocycles. The lowest BCUT2D eigenvalue weighted by Crippen LogP contribution is -2.51. The van der Waals surface area contributed by atoms with Crippen LogP contribution in [0, 0.1) is 10.8 Å². The first kappa shape index (κ1) is 10.0. The highest BCUT2D eigenvalue weighted by molar-refractivity contribution is 5.81. The standard InChI is InChI=1S/C12H21NO/c1-10(2)6-5-7-12(10)8-9(14)13-11(12,3)4/h5-8H2,1-4H3,(H,13,14). The van der Waals surface area contributed by atoms with Gasteiger partial charge in [0.05, 0.1) is 0 Å². The Balaban J connectivity index is 2.44. The first-order chi connectivity index (χ1) is 6.31. The van der Waals surface area contributed by atoms with Gasteiger partial charge >= 0.3 is 0 Å². The van der Waals surface area contributed by atoms with Crippen molar-refractivity contribution in [1.82, 2.24) is 5.32 Å². The summed E-state index contributed by atoms with van der Waals surface area (Å²) in [5.41, 5.74) is 0.469. The fraction of sp³-hybridized carbons (Fsp3) is 0.917. The van der Waals surface area contributed by atoms with Crippen LogP contribution in [-0.2, 0) is 4.79 Å². The van der Waals surface area contributed by atoms with Crippen molar-refractivity contribution >= 4 is 5.91 Å². The van der Waals surface area contributed by atoms with Gasteiger partial charge in [-0.05, 0) is 32.1 Å². The van der Waals surface area contributed by atoms with Crippen molar-refractivity contribution in [2.45, 2.75) is 58.9 Å². The minimum Gasteiger partial charge on any atom is -0.351 e. The second-order valence-corrected chi connectivity index (χ2v) is 6.17. The molecule has 14 heavy (non-hydrogen) atoms. The van der Waals surface area contributed by atoms with Crippen LogP contribution in [0.25, 0.3) is 0 Å². The second kappa shape index (κ2) is 2.53. The zero-order valence-corrected chi connectivity index (χ0v) is 9.74. The largest absolute Gasteiger partial charge is 0.351 e. The van der Waals surface area contributed by atoms with Crippen molar-refractivity contribution < 1.29 is 4.79 Å². The van der Waals surface area contributed by atoms with Crippen LogP contribution in [0.1, 0.15) is 53.4 Å². The van der Waals surface area contributed by atoms with E-state index in [2.05, 4.69) is 33.0 Å². The molecule has 1 atom stereocenters. The Labute approximate surface area is 86.5 Å². The van der Waals surface area contributed by atoms with E-state index < -0.39 is 0 Å². The molecular weight excluding hydrogens is 174 g/mol. The third-order valence-corrected chi connectivity index (χ3v) is 4.81. The molecule has 1 aliphatic carbocycles. The Morgan fingerprint density at radius 2 is 1.79 bits per heavy atom. The average Bonchev–Trinajstić information content (AvgIpc) is 2.36. The summed E-state index contributed by atoms with van der Waals surface area (Å²) in [5, 5.41) is 3.14. The van der Waals surface area contributed by atoms with Gasteiger partial charge in [-0.3, -0.25) is 4.79 Å². The third-order valence-electron chi connectivity index (χ3n) is 4.81. The van der Waals surface area contributed by atoms with Crippen LogP contribution in [0.15, 0.2) is 0 Å². The summed E-state index contributed by atoms with van der Waals surface area (Å²) in [6.07, 6.45) is 4.45. The van der Waals surface area contributed by atoms with Gasteiger partial charge in [0.25, 0.3) is 0 Å². The molecule has 1 amide bonds. The van der Waals surface area contributed by atoms with E-state index in [0.29, 0.717) is 5.41 Å². The maximum atomic E-state index is 11.6. The molecule has 1 N–H and O–H groups in total. The second-order valence-electron chi connectivity index (χ2n) is 6.17. The van der Waals surface area contributed by atoms with Crippen LogP contribution in [0.4, 0.5) is 0 Å². The maximum Gasteiger partial charge on any atom is 0.221 e. The van der Waals surface area contributed by atoms with E-state index in [1.807, 2.05) is 0 Å². The van der Waals surface area contributed by atoms with E-state index in [9.17, 15) is 4.79 Å². The summed E-state index contributed by atoms with van der Waals surface area (Å²) in [6.45, 7) is 9.01. The fourth-order valence-electron chi connectivity index (χ4n) is 3.90. The summed E-state index contributed by atoms with van der Waals surface area (Å²) in [4.78, 5) is 11.6. The van der Waals surface area contributed by atoms with Gasteiger partial charge in [0.2, 0.25) is 5.91 Å². The van der Waals surface area contributed by atoms with Crippen molar-refractivity contribution in [2.24, 2.45) is 10.8 Å². The summed E-state index contributed by atoms with van der Waals surface area (Å²) in [6, 6.07) is 0. The SMILES string of the molecule is CC1(C)CCCC12CC(=O)NC2(C)C. The lowest BCUT2D eigenvalue weighted by Gasteiger charge is -2.47. The Bertz CT molecular complexity index is 280. The highest BCUT2D eigenvalue weighted by Crippen LogP contribution is 2.62. The molecule has 2 fully saturated rings. The lowest BCUT2D eigenvalue weighted by atomic mass is 9.58. The predicted octanol–water partition coefficient (Wildman–Crippen LogP) is 2.48. The molecule has 2 rings (SSSR count). The molecule has 1 heterocycles. The minimum atomic E-state index is -0.0237. The number of carbonyl (C=O) groups is 1. The van der Waals surface area contributed by atoms with Crippen molar-refractivity contribution in [1.29, 1.82) is 0 Å². The molecular formula is C12H21NO. The fourth-order valence-corrected chi connectivity index (χ4v) is 3.90. The number of carbonyl (C=O) groups excluding carboxylic acids is 1. The normalized spacial score (nSPS) is 39.0. The first-order valence-corrected chi connectivity index (χ1v) is 5.62. The maximum absolute atomic E-state index is 11.6. The molecule has 2 heteroatoms. The third kappa shape index (κ3) is 0.999. The lowest BCUT2D eigenvalue weighted by molar-refractivity contribution is -0.120. The Kier molecular flexibility index (Phi) is 1.81. The van der Waals surface area contributed by atoms with Gasteiger partial charge < -0.3 is 5.32 Å². The molecule has 0 radical (unpaired) electrons. The van der Waals surface area contributed by atoms with Crippen LogP contribution < -0.4 is 5.32 Å². The summed E-state index contributed by atoms with van der Waals surface area (Å²) < 4.78 is 0. The highest BCUT2D eigenvalue weighted by Gasteiger charge is 2.61. The molecule has 2 aliphatic rings. The molecule has 1 unspecified atom stereocenters. The van der Waals surface area contributed by atoms with Gasteiger partial charge in [0.1, 0.15) is 0 Å². The highest BCUT2D eigenvalue weighted by atomic mass is 16.2. The Morgan fingerprint density at radius 1 is 1.14 bits per heavy atom. The molecule has 0 aromatic rings. The number of nitrogens with one attached hydrogen (secondary N) is 1. The van der Waals surface area contributed by atoms with E-state index in [1.165, 1.54) is 19.3 Å². The predicted molar refractivity (Wildman–Crippen MR) is 56.9 cm³/mol. The van der Waals surface area contributed by atoms with Gasteiger partial charge in [-0.2, -0.15) is 0 Å². The first-order valence-electron chi connectivity index (χ1n) is 5.62. The van der Waals surface area contributed by atoms with E-state index in [4.69, 9.17) is 0 Å². The monoisotopic (exact) mass is 195 g/mol. The number of amides is 1. The topological polar surface area (TPSA) is 29.1 Å². The van der Waals surface area contributed by atoms with E-state index in [-0.39, 0.29) is 16.9 Å². The molecule has 1 aliphatic heterocycles. The smallest absolute Gasteiger partial charge is 0.221 e. The van der Waals surface area contributed by atoms with Gasteiger partial charge in [0, 0.05) is 17.4 Å². The number of hydrogen-bond donors (Lipinski definition) is 1. The van der Waals surface area contributed by atoms with Crippen LogP contribution in [0.2, 0.25) is 0 Å². The van der Waals surface area contributed by atoms with Gasteiger partial charge in [0.15, 0.2) is 0 Å². The van der Waals surface area contributed by atoms with Crippen molar-refractivity contribution in [2.75, 3.05) is 0 Å². The summed E-state index contributed by atoms with van der Waals surface area (Å²) in [5.74, 6) is 0.241. The Morgan fingerprint density at radius 3 is 2.14 bits per heavy atom. The van der Waals surface area contributed by atoms with Crippen molar-refractivity contribution in [3.05, 3.63) is 0 Å². The molecule has 80 valence electrons. The molecule has 1 saturated carbocycles. The Hall–Kier alpha value is -0.530. The molecule has 0 bridgehead atoms. The van der Waals surface area contributed by atoms with Crippen molar-refractivity contribution in [3.8, 4) is 0 Å². The quantitative estimate of drug-likeness (QED) is 0.632. The number of hydrogen-bond acceptors (Lipinski definition) is 1. The van der Waals surface area contributed by atoms with Gasteiger partial charge in [-0.1, -0.05) is 20.3 Å². The summed E-state index contributed by atoms with van der Waals surface area (Å²) in [7, 11) is 0. The van der Waals surface area contributed by atoms with E-state index in [0.717, 1.165) is 6.42 Å². The zero-order valence-electron chi connectivity index (χ0n) is 9.74. The molecule has 2 nitrogen and oxygen atoms in total. The molecule has 1 saturated heterocycles. The van der Waals surface area contributed by atoms with E-state index in [1.54, 1.807) is 0 Å². The van der Waals surface area contributed by atoms with Crippen LogP contribution >= 0.6 is 0 Å². The average molecular weight is 195 g/mol. The van der Waals surface area contributed by atoms with E-state index >= 15 is 0 Å². The van der Waals surface area contributed by atoms with Crippen LogP contribution in [0.3, 0.4) is 0 Å². The zero-order chi connectivity index (χ0) is 10.6. The summed E-state index contributed by atoms with van der Waals surface area (Å²) >= 11 is 0. The van der Waals surface area contributed by atoms with Crippen LogP contribution in [-0.4, -0.2) is 11.4 Å². The van der Waals surface area contributed by atoms with Crippen LogP contribution in [0.5, 0.6) is 0 Å². The molecule has 0 aromatic heterocycles. The number of rotatable bonds is 0. The van der Waals surface area contributed by atoms with Gasteiger partial charge in [-0.15, -0.1) is 0 Å². The van der Waals surface area contributed by atoms with Gasteiger partial charge in [-0.25, -0.2) is 0 Å².